The first-order chi connectivity index (χ1) is 5.20. The first kappa shape index (κ1) is 10.2. The van der Waals surface area contributed by atoms with Gasteiger partial charge in [-0.05, 0) is 17.9 Å². The van der Waals surface area contributed by atoms with E-state index in [0.717, 1.165) is 6.42 Å². The smallest absolute Gasteiger partial charge is 0.0287 e. The highest BCUT2D eigenvalue weighted by atomic mass is 13.9. The topological polar surface area (TPSA) is 0 Å². The molecule has 0 rings (SSSR count). The van der Waals surface area contributed by atoms with Crippen LogP contribution in [0.1, 0.15) is 27.2 Å². The largest absolute Gasteiger partial charge is 0.0991 e. The molecule has 0 aromatic carbocycles. The molecular formula is C11H18. The average Bonchev–Trinajstić information content (AvgIpc) is 1.97. The lowest BCUT2D eigenvalue weighted by atomic mass is 10.1. The summed E-state index contributed by atoms with van der Waals surface area (Å²) in [6.07, 6.45) is 9.35. The maximum absolute atomic E-state index is 3.67. The van der Waals surface area contributed by atoms with Gasteiger partial charge in [0.05, 0.1) is 0 Å². The maximum atomic E-state index is 3.67. The summed E-state index contributed by atoms with van der Waals surface area (Å²) in [4.78, 5) is 0. The summed E-state index contributed by atoms with van der Waals surface area (Å²) in [5, 5.41) is 0. The number of allylic oxidation sites excluding steroid dienone is 5. The molecule has 0 bridgehead atoms. The van der Waals surface area contributed by atoms with Gasteiger partial charge in [-0.15, -0.1) is 0 Å². The van der Waals surface area contributed by atoms with Crippen LogP contribution in [0.5, 0.6) is 0 Å². The van der Waals surface area contributed by atoms with Gasteiger partial charge >= 0.3 is 0 Å². The van der Waals surface area contributed by atoms with Crippen molar-refractivity contribution in [3.05, 3.63) is 36.5 Å². The van der Waals surface area contributed by atoms with Crippen molar-refractivity contribution in [2.45, 2.75) is 27.2 Å². The van der Waals surface area contributed by atoms with Crippen LogP contribution < -0.4 is 0 Å². The fraction of sp³-hybridized carbons (Fsp3) is 0.455. The molecule has 0 aliphatic heterocycles. The molecule has 0 heteroatoms. The van der Waals surface area contributed by atoms with Crippen molar-refractivity contribution in [1.29, 1.82) is 0 Å². The second-order valence-corrected chi connectivity index (χ2v) is 2.93. The van der Waals surface area contributed by atoms with Gasteiger partial charge in [0.15, 0.2) is 0 Å². The van der Waals surface area contributed by atoms with Crippen molar-refractivity contribution in [1.82, 2.24) is 0 Å². The lowest BCUT2D eigenvalue weighted by molar-refractivity contribution is 0.829. The monoisotopic (exact) mass is 150 g/mol. The van der Waals surface area contributed by atoms with Gasteiger partial charge in [-0.1, -0.05) is 51.7 Å². The Labute approximate surface area is 70.3 Å². The van der Waals surface area contributed by atoms with Crippen molar-refractivity contribution in [2.75, 3.05) is 0 Å². The van der Waals surface area contributed by atoms with E-state index in [-0.39, 0.29) is 0 Å². The Hall–Kier alpha value is -0.780. The Bertz CT molecular complexity index is 159. The molecule has 62 valence electrons. The highest BCUT2D eigenvalue weighted by Gasteiger charge is 1.86. The molecule has 0 aromatic rings. The van der Waals surface area contributed by atoms with E-state index in [9.17, 15) is 0 Å². The van der Waals surface area contributed by atoms with E-state index in [2.05, 4.69) is 45.6 Å². The van der Waals surface area contributed by atoms with Crippen LogP contribution in [-0.2, 0) is 0 Å². The van der Waals surface area contributed by atoms with Crippen molar-refractivity contribution >= 4 is 0 Å². The molecule has 0 unspecified atom stereocenters. The van der Waals surface area contributed by atoms with Gasteiger partial charge in [0.25, 0.3) is 0 Å². The lowest BCUT2D eigenvalue weighted by Gasteiger charge is -1.96. The van der Waals surface area contributed by atoms with E-state index >= 15 is 0 Å². The molecule has 0 N–H and O–H groups in total. The minimum Gasteiger partial charge on any atom is -0.0991 e. The quantitative estimate of drug-likeness (QED) is 0.536. The zero-order valence-corrected chi connectivity index (χ0v) is 7.80. The molecule has 0 radical (unpaired) electrons. The number of hydrogen-bond donors (Lipinski definition) is 0. The molecule has 0 amide bonds. The van der Waals surface area contributed by atoms with Crippen LogP contribution in [0, 0.1) is 5.92 Å². The van der Waals surface area contributed by atoms with E-state index < -0.39 is 0 Å². The van der Waals surface area contributed by atoms with Crippen LogP contribution in [0.15, 0.2) is 36.5 Å². The van der Waals surface area contributed by atoms with Gasteiger partial charge in [-0.25, -0.2) is 0 Å². The summed E-state index contributed by atoms with van der Waals surface area (Å²) in [6, 6.07) is 0. The Morgan fingerprint density at radius 1 is 1.45 bits per heavy atom. The first-order valence-corrected chi connectivity index (χ1v) is 4.20. The highest BCUT2D eigenvalue weighted by molar-refractivity contribution is 5.22. The SMILES string of the molecule is C=C/C=C(\C=C/C(C)C)CC. The van der Waals surface area contributed by atoms with Crippen LogP contribution in [0.25, 0.3) is 0 Å². The third kappa shape index (κ3) is 5.65. The molecule has 0 aliphatic carbocycles. The van der Waals surface area contributed by atoms with Crippen LogP contribution in [0.3, 0.4) is 0 Å². The van der Waals surface area contributed by atoms with Crippen LogP contribution in [0.4, 0.5) is 0 Å². The summed E-state index contributed by atoms with van der Waals surface area (Å²) in [5.74, 6) is 0.634. The van der Waals surface area contributed by atoms with Crippen molar-refractivity contribution in [3.8, 4) is 0 Å². The van der Waals surface area contributed by atoms with E-state index in [1.165, 1.54) is 5.57 Å². The minimum absolute atomic E-state index is 0.634. The van der Waals surface area contributed by atoms with Crippen molar-refractivity contribution < 1.29 is 0 Å². The Morgan fingerprint density at radius 2 is 2.09 bits per heavy atom. The molecule has 0 aromatic heterocycles. The normalized spacial score (nSPS) is 12.9. The predicted molar refractivity (Wildman–Crippen MR) is 52.5 cm³/mol. The highest BCUT2D eigenvalue weighted by Crippen LogP contribution is 2.05. The summed E-state index contributed by atoms with van der Waals surface area (Å²) in [7, 11) is 0. The molecule has 0 aliphatic rings. The molecule has 0 saturated heterocycles. The van der Waals surface area contributed by atoms with E-state index in [1.54, 1.807) is 0 Å². The molecule has 0 atom stereocenters. The van der Waals surface area contributed by atoms with Gasteiger partial charge in [-0.2, -0.15) is 0 Å². The van der Waals surface area contributed by atoms with E-state index in [1.807, 2.05) is 6.08 Å². The zero-order valence-electron chi connectivity index (χ0n) is 7.80. The fourth-order valence-electron chi connectivity index (χ4n) is 0.759. The third-order valence-electron chi connectivity index (χ3n) is 1.44. The van der Waals surface area contributed by atoms with Gasteiger partial charge in [-0.3, -0.25) is 0 Å². The first-order valence-electron chi connectivity index (χ1n) is 4.20. The molecule has 0 saturated carbocycles. The molecule has 0 fully saturated rings. The maximum Gasteiger partial charge on any atom is -0.0287 e. The number of rotatable bonds is 4. The average molecular weight is 150 g/mol. The molecule has 0 spiro atoms. The fourth-order valence-corrected chi connectivity index (χ4v) is 0.759. The summed E-state index contributed by atoms with van der Waals surface area (Å²) < 4.78 is 0. The Kier molecular flexibility index (Phi) is 5.54. The molecule has 11 heavy (non-hydrogen) atoms. The van der Waals surface area contributed by atoms with Crippen LogP contribution in [-0.4, -0.2) is 0 Å². The van der Waals surface area contributed by atoms with Gasteiger partial charge < -0.3 is 0 Å². The third-order valence-corrected chi connectivity index (χ3v) is 1.44. The number of hydrogen-bond acceptors (Lipinski definition) is 0. The minimum atomic E-state index is 0.634. The Balaban J connectivity index is 4.07. The zero-order chi connectivity index (χ0) is 8.69. The van der Waals surface area contributed by atoms with E-state index in [4.69, 9.17) is 0 Å². The van der Waals surface area contributed by atoms with Crippen molar-refractivity contribution in [2.24, 2.45) is 5.92 Å². The lowest BCUT2D eigenvalue weighted by Crippen LogP contribution is -1.79. The standard InChI is InChI=1S/C11H18/c1-5-7-11(6-2)9-8-10(3)4/h5,7-10H,1,6H2,2-4H3/b9-8-,11-7-. The van der Waals surface area contributed by atoms with Gasteiger partial charge in [0.2, 0.25) is 0 Å². The van der Waals surface area contributed by atoms with E-state index in [0.29, 0.717) is 5.92 Å². The summed E-state index contributed by atoms with van der Waals surface area (Å²) in [5.41, 5.74) is 1.34. The second-order valence-electron chi connectivity index (χ2n) is 2.93. The summed E-state index contributed by atoms with van der Waals surface area (Å²) in [6.45, 7) is 10.2. The molecular weight excluding hydrogens is 132 g/mol. The van der Waals surface area contributed by atoms with Crippen molar-refractivity contribution in [3.63, 3.8) is 0 Å². The Morgan fingerprint density at radius 3 is 2.45 bits per heavy atom. The second kappa shape index (κ2) is 5.96. The molecule has 0 heterocycles. The van der Waals surface area contributed by atoms with Gasteiger partial charge in [0.1, 0.15) is 0 Å². The van der Waals surface area contributed by atoms with Crippen LogP contribution >= 0.6 is 0 Å². The van der Waals surface area contributed by atoms with Crippen LogP contribution in [0.2, 0.25) is 0 Å². The van der Waals surface area contributed by atoms with Gasteiger partial charge in [0, 0.05) is 0 Å². The predicted octanol–water partition coefficient (Wildman–Crippen LogP) is 3.72. The molecule has 0 nitrogen and oxygen atoms in total. The summed E-state index contributed by atoms with van der Waals surface area (Å²) >= 11 is 0.